The van der Waals surface area contributed by atoms with Gasteiger partial charge in [-0.15, -0.1) is 12.4 Å². The first-order valence-corrected chi connectivity index (χ1v) is 6.27. The number of halogens is 1. The van der Waals surface area contributed by atoms with Crippen LogP contribution in [0.25, 0.3) is 0 Å². The number of carbonyl (C=O) groups is 1. The average molecular weight is 315 g/mol. The van der Waals surface area contributed by atoms with Crippen LogP contribution in [0.3, 0.4) is 0 Å². The van der Waals surface area contributed by atoms with E-state index in [0.717, 1.165) is 6.42 Å². The zero-order valence-electron chi connectivity index (χ0n) is 11.1. The van der Waals surface area contributed by atoms with E-state index in [1.165, 1.54) is 0 Å². The van der Waals surface area contributed by atoms with Crippen LogP contribution in [-0.2, 0) is 9.47 Å². The molecule has 6 N–H and O–H groups in total. The van der Waals surface area contributed by atoms with E-state index >= 15 is 0 Å². The summed E-state index contributed by atoms with van der Waals surface area (Å²) in [6, 6.07) is -0.440. The number of rotatable bonds is 1. The van der Waals surface area contributed by atoms with Crippen LogP contribution >= 0.6 is 12.4 Å². The smallest absolute Gasteiger partial charge is 0.404 e. The third-order valence-corrected chi connectivity index (χ3v) is 3.01. The summed E-state index contributed by atoms with van der Waals surface area (Å²) in [5.41, 5.74) is 5.45. The van der Waals surface area contributed by atoms with Crippen molar-refractivity contribution in [2.75, 3.05) is 26.4 Å². The van der Waals surface area contributed by atoms with Crippen LogP contribution in [0.2, 0.25) is 0 Å². The highest BCUT2D eigenvalue weighted by molar-refractivity contribution is 5.85. The normalized spacial score (nSPS) is 33.1. The van der Waals surface area contributed by atoms with Crippen LogP contribution < -0.4 is 11.1 Å². The summed E-state index contributed by atoms with van der Waals surface area (Å²) in [7, 11) is 0. The SMILES string of the molecule is Cl.N[C@H]1CCOC[C@@H]1O.O=C(O)N[C@H]1CCOC[C@@H]1O. The van der Waals surface area contributed by atoms with E-state index < -0.39 is 18.3 Å². The maximum absolute atomic E-state index is 10.2. The lowest BCUT2D eigenvalue weighted by molar-refractivity contribution is -0.0262. The Morgan fingerprint density at radius 3 is 2.05 bits per heavy atom. The number of aliphatic hydroxyl groups excluding tert-OH is 2. The minimum atomic E-state index is -1.10. The topological polar surface area (TPSA) is 134 Å². The molecule has 0 aliphatic carbocycles. The minimum absolute atomic E-state index is 0. The monoisotopic (exact) mass is 314 g/mol. The molecule has 0 spiro atoms. The number of amides is 1. The van der Waals surface area contributed by atoms with Crippen LogP contribution in [0.1, 0.15) is 12.8 Å². The number of carboxylic acid groups (broad SMARTS) is 1. The number of nitrogens with two attached hydrogens (primary N) is 1. The van der Waals surface area contributed by atoms with Crippen molar-refractivity contribution in [1.29, 1.82) is 0 Å². The van der Waals surface area contributed by atoms with Gasteiger partial charge in [-0.05, 0) is 12.8 Å². The molecule has 2 aliphatic rings. The molecule has 0 aromatic rings. The van der Waals surface area contributed by atoms with Gasteiger partial charge in [-0.2, -0.15) is 0 Å². The number of nitrogens with one attached hydrogen (secondary N) is 1. The molecule has 1 amide bonds. The van der Waals surface area contributed by atoms with Crippen molar-refractivity contribution in [1.82, 2.24) is 5.32 Å². The molecule has 0 unspecified atom stereocenters. The Hall–Kier alpha value is -0.640. The van der Waals surface area contributed by atoms with Crippen LogP contribution in [-0.4, -0.2) is 72.1 Å². The summed E-state index contributed by atoms with van der Waals surface area (Å²) in [6.07, 6.45) is -0.936. The minimum Gasteiger partial charge on any atom is -0.465 e. The molecule has 9 heteroatoms. The fourth-order valence-electron chi connectivity index (χ4n) is 1.79. The van der Waals surface area contributed by atoms with Gasteiger partial charge >= 0.3 is 6.09 Å². The largest absolute Gasteiger partial charge is 0.465 e. The van der Waals surface area contributed by atoms with Gasteiger partial charge in [0, 0.05) is 19.3 Å². The summed E-state index contributed by atoms with van der Waals surface area (Å²) in [5, 5.41) is 28.6. The number of aliphatic hydroxyl groups is 2. The molecular formula is C11H23ClN2O6. The second kappa shape index (κ2) is 10.1. The van der Waals surface area contributed by atoms with Crippen LogP contribution in [0.5, 0.6) is 0 Å². The second-order valence-corrected chi connectivity index (χ2v) is 4.58. The van der Waals surface area contributed by atoms with E-state index in [-0.39, 0.29) is 31.1 Å². The van der Waals surface area contributed by atoms with E-state index in [4.69, 9.17) is 30.5 Å². The number of ether oxygens (including phenoxy) is 2. The van der Waals surface area contributed by atoms with E-state index in [2.05, 4.69) is 5.32 Å². The first kappa shape index (κ1) is 19.4. The fraction of sp³-hybridized carbons (Fsp3) is 0.909. The van der Waals surface area contributed by atoms with Gasteiger partial charge in [-0.1, -0.05) is 0 Å². The van der Waals surface area contributed by atoms with Gasteiger partial charge in [0.2, 0.25) is 0 Å². The van der Waals surface area contributed by atoms with E-state index in [9.17, 15) is 4.79 Å². The predicted molar refractivity (Wildman–Crippen MR) is 73.1 cm³/mol. The summed E-state index contributed by atoms with van der Waals surface area (Å²) >= 11 is 0. The highest BCUT2D eigenvalue weighted by atomic mass is 35.5. The van der Waals surface area contributed by atoms with Gasteiger partial charge in [-0.3, -0.25) is 0 Å². The molecule has 0 aromatic heterocycles. The van der Waals surface area contributed by atoms with Crippen molar-refractivity contribution in [2.24, 2.45) is 5.73 Å². The fourth-order valence-corrected chi connectivity index (χ4v) is 1.79. The molecule has 2 rings (SSSR count). The molecule has 0 bridgehead atoms. The first-order valence-electron chi connectivity index (χ1n) is 6.27. The van der Waals surface area contributed by atoms with Crippen LogP contribution in [0.4, 0.5) is 4.79 Å². The summed E-state index contributed by atoms with van der Waals surface area (Å²) in [5.74, 6) is 0. The van der Waals surface area contributed by atoms with E-state index in [1.54, 1.807) is 0 Å². The van der Waals surface area contributed by atoms with Crippen molar-refractivity contribution in [2.45, 2.75) is 37.1 Å². The lowest BCUT2D eigenvalue weighted by atomic mass is 10.1. The summed E-state index contributed by atoms with van der Waals surface area (Å²) < 4.78 is 9.83. The zero-order valence-corrected chi connectivity index (χ0v) is 11.9. The molecule has 120 valence electrons. The van der Waals surface area contributed by atoms with Crippen LogP contribution in [0.15, 0.2) is 0 Å². The molecule has 2 saturated heterocycles. The summed E-state index contributed by atoms with van der Waals surface area (Å²) in [4.78, 5) is 10.2. The quantitative estimate of drug-likeness (QED) is 0.415. The Morgan fingerprint density at radius 1 is 1.10 bits per heavy atom. The first-order chi connectivity index (χ1) is 9.00. The van der Waals surface area contributed by atoms with Crippen molar-refractivity contribution in [3.05, 3.63) is 0 Å². The molecule has 0 saturated carbocycles. The zero-order chi connectivity index (χ0) is 14.3. The highest BCUT2D eigenvalue weighted by Crippen LogP contribution is 2.06. The Kier molecular flexibility index (Phi) is 9.82. The molecule has 0 radical (unpaired) electrons. The van der Waals surface area contributed by atoms with E-state index in [0.29, 0.717) is 26.2 Å². The maximum atomic E-state index is 10.2. The average Bonchev–Trinajstić information content (AvgIpc) is 2.36. The van der Waals surface area contributed by atoms with Crippen molar-refractivity contribution >= 4 is 18.5 Å². The third kappa shape index (κ3) is 7.22. The Bertz CT molecular complexity index is 274. The third-order valence-electron chi connectivity index (χ3n) is 3.01. The molecule has 8 nitrogen and oxygen atoms in total. The van der Waals surface area contributed by atoms with Gasteiger partial charge < -0.3 is 35.8 Å². The number of hydrogen-bond acceptors (Lipinski definition) is 6. The van der Waals surface area contributed by atoms with Crippen molar-refractivity contribution in [3.8, 4) is 0 Å². The number of hydrogen-bond donors (Lipinski definition) is 5. The van der Waals surface area contributed by atoms with Crippen molar-refractivity contribution in [3.63, 3.8) is 0 Å². The Balaban J connectivity index is 0.000000359. The summed E-state index contributed by atoms with van der Waals surface area (Å²) in [6.45, 7) is 1.81. The molecule has 2 fully saturated rings. The molecule has 2 aliphatic heterocycles. The van der Waals surface area contributed by atoms with E-state index in [1.807, 2.05) is 0 Å². The maximum Gasteiger partial charge on any atom is 0.404 e. The molecule has 20 heavy (non-hydrogen) atoms. The molecular weight excluding hydrogens is 292 g/mol. The van der Waals surface area contributed by atoms with Gasteiger partial charge in [0.1, 0.15) is 0 Å². The van der Waals surface area contributed by atoms with Gasteiger partial charge in [0.05, 0.1) is 31.5 Å². The second-order valence-electron chi connectivity index (χ2n) is 4.58. The van der Waals surface area contributed by atoms with Crippen LogP contribution in [0, 0.1) is 0 Å². The predicted octanol–water partition coefficient (Wildman–Crippen LogP) is -1.08. The molecule has 2 heterocycles. The van der Waals surface area contributed by atoms with Crippen molar-refractivity contribution < 1.29 is 29.6 Å². The Morgan fingerprint density at radius 2 is 1.65 bits per heavy atom. The highest BCUT2D eigenvalue weighted by Gasteiger charge is 2.24. The standard InChI is InChI=1S/C6H11NO4.C5H11NO2.ClH/c8-5-3-11-2-1-4(5)7-6(9)10;6-4-1-2-8-3-5(4)7;/h4-5,7-8H,1-3H2,(H,9,10);4-5,7H,1-3,6H2;1H/t2*4-,5-;/m00./s1. The van der Waals surface area contributed by atoms with Gasteiger partial charge in [0.15, 0.2) is 0 Å². The Labute approximate surface area is 123 Å². The van der Waals surface area contributed by atoms with Gasteiger partial charge in [0.25, 0.3) is 0 Å². The molecule has 4 atom stereocenters. The lowest BCUT2D eigenvalue weighted by Gasteiger charge is -2.27. The van der Waals surface area contributed by atoms with Gasteiger partial charge in [-0.25, -0.2) is 4.79 Å². The molecule has 0 aromatic carbocycles. The lowest BCUT2D eigenvalue weighted by Crippen LogP contribution is -2.48.